The van der Waals surface area contributed by atoms with E-state index in [9.17, 15) is 9.59 Å². The molecule has 0 aliphatic heterocycles. The largest absolute Gasteiger partial charge is 0.494 e. The number of methoxy groups -OCH3 is 1. The SMILES string of the molecule is COc1c(Cl)cc(Cl)c(Cl)c1C(=O)O.O=C(O)c1ccccc1Oc1ncccn1. The van der Waals surface area contributed by atoms with Gasteiger partial charge in [0.2, 0.25) is 0 Å². The molecule has 0 aliphatic rings. The fraction of sp³-hybridized carbons (Fsp3) is 0.0526. The normalized spacial score (nSPS) is 9.87. The number of ether oxygens (including phenoxy) is 2. The Morgan fingerprint density at radius 1 is 0.933 bits per heavy atom. The van der Waals surface area contributed by atoms with Crippen LogP contribution < -0.4 is 9.47 Å². The Bertz CT molecular complexity index is 1060. The highest BCUT2D eigenvalue weighted by molar-refractivity contribution is 6.45. The van der Waals surface area contributed by atoms with Gasteiger partial charge in [0.05, 0.1) is 22.2 Å². The number of para-hydroxylation sites is 1. The Morgan fingerprint density at radius 3 is 2.13 bits per heavy atom. The number of aromatic nitrogens is 2. The van der Waals surface area contributed by atoms with Gasteiger partial charge < -0.3 is 19.7 Å². The number of rotatable bonds is 5. The van der Waals surface area contributed by atoms with Crippen LogP contribution in [0.25, 0.3) is 0 Å². The summed E-state index contributed by atoms with van der Waals surface area (Å²) in [7, 11) is 1.30. The minimum Gasteiger partial charge on any atom is -0.494 e. The number of aromatic carboxylic acids is 2. The molecular formula is C19H13Cl3N2O6. The molecule has 3 aromatic rings. The number of hydrogen-bond donors (Lipinski definition) is 2. The van der Waals surface area contributed by atoms with E-state index in [0.717, 1.165) is 0 Å². The van der Waals surface area contributed by atoms with Crippen LogP contribution in [0.1, 0.15) is 20.7 Å². The van der Waals surface area contributed by atoms with Gasteiger partial charge in [-0.05, 0) is 24.3 Å². The molecule has 0 saturated heterocycles. The molecule has 2 N–H and O–H groups in total. The number of carbonyl (C=O) groups is 2. The van der Waals surface area contributed by atoms with Crippen molar-refractivity contribution in [3.8, 4) is 17.5 Å². The van der Waals surface area contributed by atoms with E-state index in [1.807, 2.05) is 0 Å². The highest BCUT2D eigenvalue weighted by Gasteiger charge is 2.21. The van der Waals surface area contributed by atoms with Crippen LogP contribution in [0.2, 0.25) is 15.1 Å². The van der Waals surface area contributed by atoms with Crippen molar-refractivity contribution in [3.63, 3.8) is 0 Å². The van der Waals surface area contributed by atoms with Crippen LogP contribution in [0.3, 0.4) is 0 Å². The molecule has 0 fully saturated rings. The first kappa shape index (κ1) is 23.2. The van der Waals surface area contributed by atoms with Crippen molar-refractivity contribution >= 4 is 46.7 Å². The zero-order chi connectivity index (χ0) is 22.3. The van der Waals surface area contributed by atoms with E-state index in [0.29, 0.717) is 0 Å². The van der Waals surface area contributed by atoms with Gasteiger partial charge in [0, 0.05) is 12.4 Å². The van der Waals surface area contributed by atoms with Gasteiger partial charge in [-0.25, -0.2) is 19.6 Å². The molecule has 0 bridgehead atoms. The molecule has 0 saturated carbocycles. The maximum absolute atomic E-state index is 10.9. The number of benzene rings is 2. The topological polar surface area (TPSA) is 119 Å². The van der Waals surface area contributed by atoms with Gasteiger partial charge in [-0.2, -0.15) is 0 Å². The van der Waals surface area contributed by atoms with Gasteiger partial charge in [-0.1, -0.05) is 46.9 Å². The summed E-state index contributed by atoms with van der Waals surface area (Å²) in [6, 6.07) is 9.43. The molecule has 0 spiro atoms. The molecule has 2 aromatic carbocycles. The van der Waals surface area contributed by atoms with E-state index in [-0.39, 0.29) is 43.7 Å². The van der Waals surface area contributed by atoms with E-state index in [1.165, 1.54) is 31.6 Å². The summed E-state index contributed by atoms with van der Waals surface area (Å²) in [6.07, 6.45) is 3.04. The summed E-state index contributed by atoms with van der Waals surface area (Å²) in [4.78, 5) is 29.4. The van der Waals surface area contributed by atoms with Crippen LogP contribution >= 0.6 is 34.8 Å². The number of halogens is 3. The number of hydrogen-bond acceptors (Lipinski definition) is 6. The third kappa shape index (κ3) is 5.73. The van der Waals surface area contributed by atoms with Gasteiger partial charge in [0.25, 0.3) is 0 Å². The first-order valence-electron chi connectivity index (χ1n) is 7.98. The zero-order valence-corrected chi connectivity index (χ0v) is 17.4. The Balaban J connectivity index is 0.000000216. The molecule has 0 radical (unpaired) electrons. The summed E-state index contributed by atoms with van der Waals surface area (Å²) in [6.45, 7) is 0. The van der Waals surface area contributed by atoms with Crippen molar-refractivity contribution in [2.75, 3.05) is 7.11 Å². The van der Waals surface area contributed by atoms with E-state index < -0.39 is 11.9 Å². The van der Waals surface area contributed by atoms with Gasteiger partial charge in [-0.15, -0.1) is 0 Å². The minimum absolute atomic E-state index is 0.00793. The second-order valence-electron chi connectivity index (χ2n) is 5.30. The quantitative estimate of drug-likeness (QED) is 0.480. The van der Waals surface area contributed by atoms with Gasteiger partial charge in [0.15, 0.2) is 5.75 Å². The molecule has 156 valence electrons. The second kappa shape index (κ2) is 10.6. The molecule has 11 heteroatoms. The second-order valence-corrected chi connectivity index (χ2v) is 6.49. The highest BCUT2D eigenvalue weighted by Crippen LogP contribution is 2.38. The number of nitrogens with zero attached hydrogens (tertiary/aromatic N) is 2. The maximum Gasteiger partial charge on any atom is 0.341 e. The highest BCUT2D eigenvalue weighted by atomic mass is 35.5. The van der Waals surface area contributed by atoms with E-state index in [1.54, 1.807) is 24.3 Å². The fourth-order valence-corrected chi connectivity index (χ4v) is 2.90. The van der Waals surface area contributed by atoms with Crippen molar-refractivity contribution in [2.45, 2.75) is 0 Å². The summed E-state index contributed by atoms with van der Waals surface area (Å²) >= 11 is 17.1. The summed E-state index contributed by atoms with van der Waals surface area (Å²) in [5.41, 5.74) is -0.151. The molecule has 3 rings (SSSR count). The fourth-order valence-electron chi connectivity index (χ4n) is 2.14. The number of carboxylic acids is 2. The van der Waals surface area contributed by atoms with Crippen molar-refractivity contribution in [1.82, 2.24) is 9.97 Å². The average molecular weight is 472 g/mol. The molecule has 0 amide bonds. The standard InChI is InChI=1S/C11H8N2O3.C8H5Cl3O3/c14-10(15)8-4-1-2-5-9(8)16-11-12-6-3-7-13-11;1-14-7-4(10)2-3(9)6(11)5(7)8(12)13/h1-7H,(H,14,15);2H,1H3,(H,12,13). The first-order chi connectivity index (χ1) is 14.3. The number of carboxylic acid groups (broad SMARTS) is 2. The van der Waals surface area contributed by atoms with Crippen molar-refractivity contribution < 1.29 is 29.3 Å². The van der Waals surface area contributed by atoms with Gasteiger partial charge in [-0.3, -0.25) is 0 Å². The first-order valence-corrected chi connectivity index (χ1v) is 9.11. The lowest BCUT2D eigenvalue weighted by Crippen LogP contribution is -2.02. The average Bonchev–Trinajstić information content (AvgIpc) is 2.71. The van der Waals surface area contributed by atoms with Crippen molar-refractivity contribution in [1.29, 1.82) is 0 Å². The minimum atomic E-state index is -1.24. The monoisotopic (exact) mass is 470 g/mol. The lowest BCUT2D eigenvalue weighted by atomic mass is 10.2. The summed E-state index contributed by atoms with van der Waals surface area (Å²) in [5, 5.41) is 17.9. The third-order valence-electron chi connectivity index (χ3n) is 3.41. The predicted octanol–water partition coefficient (Wildman–Crippen LogP) is 5.32. The van der Waals surface area contributed by atoms with Crippen LogP contribution in [0.15, 0.2) is 48.8 Å². The van der Waals surface area contributed by atoms with Crippen LogP contribution in [0, 0.1) is 0 Å². The van der Waals surface area contributed by atoms with Gasteiger partial charge >= 0.3 is 17.9 Å². The maximum atomic E-state index is 10.9. The molecular weight excluding hydrogens is 459 g/mol. The Morgan fingerprint density at radius 2 is 1.57 bits per heavy atom. The van der Waals surface area contributed by atoms with Crippen molar-refractivity contribution in [2.24, 2.45) is 0 Å². The lowest BCUT2D eigenvalue weighted by Gasteiger charge is -2.09. The van der Waals surface area contributed by atoms with Crippen molar-refractivity contribution in [3.05, 3.63) is 75.0 Å². The molecule has 1 heterocycles. The van der Waals surface area contributed by atoms with Crippen LogP contribution in [0.5, 0.6) is 17.5 Å². The molecule has 0 aliphatic carbocycles. The molecule has 8 nitrogen and oxygen atoms in total. The summed E-state index contributed by atoms with van der Waals surface area (Å²) in [5.74, 6) is -2.06. The molecule has 1 aromatic heterocycles. The predicted molar refractivity (Wildman–Crippen MR) is 110 cm³/mol. The zero-order valence-electron chi connectivity index (χ0n) is 15.2. The molecule has 30 heavy (non-hydrogen) atoms. The third-order valence-corrected chi connectivity index (χ3v) is 4.47. The Hall–Kier alpha value is -3.07. The van der Waals surface area contributed by atoms with E-state index in [2.05, 4.69) is 9.97 Å². The van der Waals surface area contributed by atoms with E-state index >= 15 is 0 Å². The molecule has 0 unspecified atom stereocenters. The Kier molecular flexibility index (Phi) is 8.23. The summed E-state index contributed by atoms with van der Waals surface area (Å²) < 4.78 is 10.1. The van der Waals surface area contributed by atoms with Crippen LogP contribution in [-0.2, 0) is 0 Å². The van der Waals surface area contributed by atoms with Crippen LogP contribution in [-0.4, -0.2) is 39.2 Å². The van der Waals surface area contributed by atoms with E-state index in [4.69, 9.17) is 54.5 Å². The smallest absolute Gasteiger partial charge is 0.341 e. The van der Waals surface area contributed by atoms with Gasteiger partial charge in [0.1, 0.15) is 16.9 Å². The molecule has 0 atom stereocenters. The lowest BCUT2D eigenvalue weighted by molar-refractivity contribution is 0.0682. The van der Waals surface area contributed by atoms with Crippen LogP contribution in [0.4, 0.5) is 0 Å². The Labute approximate surface area is 185 Å².